The molecule has 0 radical (unpaired) electrons. The Bertz CT molecular complexity index is 604. The second-order valence-electron chi connectivity index (χ2n) is 7.84. The molecule has 1 amide bonds. The first-order valence-electron chi connectivity index (χ1n) is 8.81. The highest BCUT2D eigenvalue weighted by molar-refractivity contribution is 5.84. The van der Waals surface area contributed by atoms with Crippen LogP contribution in [-0.2, 0) is 19.8 Å². The quantitative estimate of drug-likeness (QED) is 0.854. The Balaban J connectivity index is 1.61. The largest absolute Gasteiger partial charge is 0.444 e. The number of nitrogens with one attached hydrogen (secondary N) is 1. The third-order valence-corrected chi connectivity index (χ3v) is 4.72. The summed E-state index contributed by atoms with van der Waals surface area (Å²) in [7, 11) is 0. The highest BCUT2D eigenvalue weighted by Gasteiger charge is 2.46. The monoisotopic (exact) mass is 349 g/mol. The lowest BCUT2D eigenvalue weighted by molar-refractivity contribution is -0.204. The van der Waals surface area contributed by atoms with Gasteiger partial charge in [0.25, 0.3) is 0 Å². The van der Waals surface area contributed by atoms with Gasteiger partial charge in [0.05, 0.1) is 18.8 Å². The van der Waals surface area contributed by atoms with E-state index in [4.69, 9.17) is 14.2 Å². The molecule has 1 aromatic carbocycles. The molecule has 138 valence electrons. The first-order valence-corrected chi connectivity index (χ1v) is 8.81. The molecule has 1 saturated carbocycles. The van der Waals surface area contributed by atoms with Gasteiger partial charge >= 0.3 is 6.09 Å². The Morgan fingerprint density at radius 2 is 1.64 bits per heavy atom. The molecule has 2 N–H and O–H groups in total. The first-order chi connectivity index (χ1) is 11.7. The van der Waals surface area contributed by atoms with Crippen molar-refractivity contribution in [3.8, 4) is 0 Å². The van der Waals surface area contributed by atoms with E-state index in [1.807, 2.05) is 32.9 Å². The summed E-state index contributed by atoms with van der Waals surface area (Å²) in [5, 5.41) is 13.7. The molecular weight excluding hydrogens is 322 g/mol. The second-order valence-corrected chi connectivity index (χ2v) is 7.84. The minimum absolute atomic E-state index is 0.492. The van der Waals surface area contributed by atoms with Gasteiger partial charge in [0.2, 0.25) is 0 Å². The fraction of sp³-hybridized carbons (Fsp3) is 0.632. The number of amides is 1. The number of rotatable bonds is 2. The minimum Gasteiger partial charge on any atom is -0.444 e. The SMILES string of the molecule is CC(C)(C)OC(=O)Nc1ccc(C2(O)CCC3(CC2)OCCO3)cc1. The molecule has 6 heteroatoms. The lowest BCUT2D eigenvalue weighted by Gasteiger charge is -2.40. The molecule has 25 heavy (non-hydrogen) atoms. The molecule has 0 unspecified atom stereocenters. The Morgan fingerprint density at radius 1 is 1.08 bits per heavy atom. The van der Waals surface area contributed by atoms with Gasteiger partial charge in [-0.05, 0) is 51.3 Å². The predicted octanol–water partition coefficient (Wildman–Crippen LogP) is 3.54. The van der Waals surface area contributed by atoms with Crippen LogP contribution in [0, 0.1) is 0 Å². The summed E-state index contributed by atoms with van der Waals surface area (Å²) in [6.45, 7) is 6.71. The molecule has 2 fully saturated rings. The van der Waals surface area contributed by atoms with Crippen LogP contribution >= 0.6 is 0 Å². The van der Waals surface area contributed by atoms with Crippen LogP contribution in [0.3, 0.4) is 0 Å². The molecule has 6 nitrogen and oxygen atoms in total. The average molecular weight is 349 g/mol. The average Bonchev–Trinajstić information content (AvgIpc) is 2.98. The van der Waals surface area contributed by atoms with E-state index in [-0.39, 0.29) is 0 Å². The van der Waals surface area contributed by atoms with Gasteiger partial charge in [-0.25, -0.2) is 4.79 Å². The van der Waals surface area contributed by atoms with E-state index < -0.39 is 23.1 Å². The van der Waals surface area contributed by atoms with Crippen LogP contribution in [0.4, 0.5) is 10.5 Å². The summed E-state index contributed by atoms with van der Waals surface area (Å²) in [5.41, 5.74) is 0.0542. The smallest absolute Gasteiger partial charge is 0.412 e. The summed E-state index contributed by atoms with van der Waals surface area (Å²) in [5.74, 6) is -0.496. The van der Waals surface area contributed by atoms with Gasteiger partial charge in [-0.3, -0.25) is 5.32 Å². The van der Waals surface area contributed by atoms with Gasteiger partial charge in [-0.2, -0.15) is 0 Å². The third kappa shape index (κ3) is 4.32. The molecule has 1 aliphatic heterocycles. The molecular formula is C19H27NO5. The van der Waals surface area contributed by atoms with Crippen LogP contribution in [0.1, 0.15) is 52.0 Å². The van der Waals surface area contributed by atoms with E-state index in [0.717, 1.165) is 5.56 Å². The lowest BCUT2D eigenvalue weighted by atomic mass is 9.77. The molecule has 1 saturated heterocycles. The van der Waals surface area contributed by atoms with Crippen LogP contribution in [0.15, 0.2) is 24.3 Å². The number of hydrogen-bond donors (Lipinski definition) is 2. The van der Waals surface area contributed by atoms with E-state index in [0.29, 0.717) is 44.6 Å². The number of benzene rings is 1. The van der Waals surface area contributed by atoms with Gasteiger partial charge < -0.3 is 19.3 Å². The number of aliphatic hydroxyl groups is 1. The number of hydrogen-bond acceptors (Lipinski definition) is 5. The molecule has 2 aliphatic rings. The number of carbonyl (C=O) groups excluding carboxylic acids is 1. The molecule has 0 aromatic heterocycles. The zero-order valence-corrected chi connectivity index (χ0v) is 15.1. The normalized spacial score (nSPS) is 21.9. The van der Waals surface area contributed by atoms with Crippen LogP contribution < -0.4 is 5.32 Å². The topological polar surface area (TPSA) is 77.0 Å². The Morgan fingerprint density at radius 3 is 2.16 bits per heavy atom. The highest BCUT2D eigenvalue weighted by Crippen LogP contribution is 2.44. The summed E-state index contributed by atoms with van der Waals surface area (Å²) >= 11 is 0. The Labute approximate surface area is 148 Å². The zero-order chi connectivity index (χ0) is 18.1. The van der Waals surface area contributed by atoms with E-state index in [1.54, 1.807) is 12.1 Å². The summed E-state index contributed by atoms with van der Waals surface area (Å²) in [6, 6.07) is 7.26. The van der Waals surface area contributed by atoms with Crippen LogP contribution in [0.25, 0.3) is 0 Å². The molecule has 0 bridgehead atoms. The van der Waals surface area contributed by atoms with Crippen molar-refractivity contribution >= 4 is 11.8 Å². The summed E-state index contributed by atoms with van der Waals surface area (Å²) < 4.78 is 16.7. The fourth-order valence-electron chi connectivity index (χ4n) is 3.40. The number of anilines is 1. The van der Waals surface area contributed by atoms with E-state index in [9.17, 15) is 9.90 Å². The van der Waals surface area contributed by atoms with Gasteiger partial charge in [0, 0.05) is 18.5 Å². The summed E-state index contributed by atoms with van der Waals surface area (Å²) in [4.78, 5) is 11.8. The van der Waals surface area contributed by atoms with Gasteiger partial charge in [-0.15, -0.1) is 0 Å². The van der Waals surface area contributed by atoms with Crippen LogP contribution in [0.2, 0.25) is 0 Å². The van der Waals surface area contributed by atoms with Crippen molar-refractivity contribution in [2.45, 2.75) is 63.4 Å². The standard InChI is InChI=1S/C19H27NO5/c1-17(2,3)25-16(21)20-15-6-4-14(5-7-15)18(22)8-10-19(11-9-18)23-12-13-24-19/h4-7,22H,8-13H2,1-3H3,(H,20,21). The maximum Gasteiger partial charge on any atom is 0.412 e. The fourth-order valence-corrected chi connectivity index (χ4v) is 3.40. The zero-order valence-electron chi connectivity index (χ0n) is 15.1. The van der Waals surface area contributed by atoms with Crippen LogP contribution in [0.5, 0.6) is 0 Å². The summed E-state index contributed by atoms with van der Waals surface area (Å²) in [6.07, 6.45) is 2.05. The maximum absolute atomic E-state index is 11.8. The van der Waals surface area contributed by atoms with E-state index >= 15 is 0 Å². The predicted molar refractivity (Wildman–Crippen MR) is 93.3 cm³/mol. The lowest BCUT2D eigenvalue weighted by Crippen LogP contribution is -2.42. The van der Waals surface area contributed by atoms with Crippen LogP contribution in [-0.4, -0.2) is 35.8 Å². The molecule has 0 atom stereocenters. The van der Waals surface area contributed by atoms with Crippen molar-refractivity contribution in [1.82, 2.24) is 0 Å². The van der Waals surface area contributed by atoms with Crippen molar-refractivity contribution < 1.29 is 24.1 Å². The van der Waals surface area contributed by atoms with Crippen molar-refractivity contribution in [1.29, 1.82) is 0 Å². The molecule has 1 aromatic rings. The minimum atomic E-state index is -0.884. The number of carbonyl (C=O) groups is 1. The molecule has 3 rings (SSSR count). The first kappa shape index (κ1) is 18.2. The second kappa shape index (κ2) is 6.59. The van der Waals surface area contributed by atoms with Gasteiger partial charge in [0.15, 0.2) is 5.79 Å². The van der Waals surface area contributed by atoms with Crippen molar-refractivity contribution in [2.24, 2.45) is 0 Å². The molecule has 1 aliphatic carbocycles. The van der Waals surface area contributed by atoms with Crippen molar-refractivity contribution in [3.63, 3.8) is 0 Å². The Hall–Kier alpha value is -1.63. The van der Waals surface area contributed by atoms with Crippen molar-refractivity contribution in [3.05, 3.63) is 29.8 Å². The molecule has 1 heterocycles. The Kier molecular flexibility index (Phi) is 4.79. The van der Waals surface area contributed by atoms with E-state index in [1.165, 1.54) is 0 Å². The van der Waals surface area contributed by atoms with Crippen molar-refractivity contribution in [2.75, 3.05) is 18.5 Å². The third-order valence-electron chi connectivity index (χ3n) is 4.72. The highest BCUT2D eigenvalue weighted by atomic mass is 16.7. The number of ether oxygens (including phenoxy) is 3. The molecule has 1 spiro atoms. The van der Waals surface area contributed by atoms with Gasteiger partial charge in [-0.1, -0.05) is 12.1 Å². The van der Waals surface area contributed by atoms with Gasteiger partial charge in [0.1, 0.15) is 5.60 Å². The van der Waals surface area contributed by atoms with E-state index in [2.05, 4.69) is 5.32 Å². The maximum atomic E-state index is 11.8.